The molecule has 2 saturated carbocycles. The maximum absolute atomic E-state index is 12.6. The van der Waals surface area contributed by atoms with Gasteiger partial charge in [-0.15, -0.1) is 0 Å². The zero-order valence-corrected chi connectivity index (χ0v) is 15.0. The molecule has 2 amide bonds. The molecule has 2 aliphatic rings. The Morgan fingerprint density at radius 3 is 1.26 bits per heavy atom. The molecule has 0 aromatic rings. The lowest BCUT2D eigenvalue weighted by Gasteiger charge is -2.28. The predicted molar refractivity (Wildman–Crippen MR) is 93.0 cm³/mol. The van der Waals surface area contributed by atoms with Gasteiger partial charge in [-0.1, -0.05) is 51.4 Å². The summed E-state index contributed by atoms with van der Waals surface area (Å²) in [6.07, 6.45) is 14.0. The third kappa shape index (κ3) is 5.50. The standard InChI is InChI=1S/C19H34N2O2/c1-19(2,17(22)20-15-11-7-3-4-8-12-15)18(23)21-16-13-9-5-6-10-14-16/h15-16H,3-14H2,1-2H3,(H,20,22)(H,21,23). The second-order valence-corrected chi connectivity index (χ2v) is 7.95. The lowest BCUT2D eigenvalue weighted by molar-refractivity contribution is -0.142. The van der Waals surface area contributed by atoms with Gasteiger partial charge in [0, 0.05) is 12.1 Å². The summed E-state index contributed by atoms with van der Waals surface area (Å²) in [6.45, 7) is 3.51. The maximum Gasteiger partial charge on any atom is 0.235 e. The summed E-state index contributed by atoms with van der Waals surface area (Å²) in [5, 5.41) is 6.26. The Kier molecular flexibility index (Phi) is 6.91. The molecule has 0 aliphatic heterocycles. The van der Waals surface area contributed by atoms with Gasteiger partial charge in [-0.3, -0.25) is 9.59 Å². The van der Waals surface area contributed by atoms with Crippen molar-refractivity contribution in [2.45, 2.75) is 103 Å². The van der Waals surface area contributed by atoms with E-state index in [4.69, 9.17) is 0 Å². The molecular formula is C19H34N2O2. The van der Waals surface area contributed by atoms with Crippen LogP contribution in [-0.2, 0) is 9.59 Å². The first-order valence-electron chi connectivity index (χ1n) is 9.62. The largest absolute Gasteiger partial charge is 0.352 e. The molecule has 0 spiro atoms. The number of rotatable bonds is 4. The highest BCUT2D eigenvalue weighted by molar-refractivity contribution is 6.04. The van der Waals surface area contributed by atoms with Crippen LogP contribution in [0.1, 0.15) is 90.9 Å². The van der Waals surface area contributed by atoms with E-state index in [0.717, 1.165) is 25.7 Å². The third-order valence-electron chi connectivity index (χ3n) is 5.52. The molecule has 0 unspecified atom stereocenters. The second kappa shape index (κ2) is 8.70. The van der Waals surface area contributed by atoms with Crippen molar-refractivity contribution in [2.24, 2.45) is 5.41 Å². The Morgan fingerprint density at radius 1 is 0.652 bits per heavy atom. The molecule has 2 N–H and O–H groups in total. The van der Waals surface area contributed by atoms with Gasteiger partial charge in [0.25, 0.3) is 0 Å². The highest BCUT2D eigenvalue weighted by Crippen LogP contribution is 2.23. The summed E-state index contributed by atoms with van der Waals surface area (Å²) in [4.78, 5) is 25.2. The molecule has 132 valence electrons. The van der Waals surface area contributed by atoms with Gasteiger partial charge in [0.05, 0.1) is 0 Å². The van der Waals surface area contributed by atoms with E-state index in [9.17, 15) is 9.59 Å². The maximum atomic E-state index is 12.6. The number of carbonyl (C=O) groups is 2. The molecule has 2 aliphatic carbocycles. The van der Waals surface area contributed by atoms with Crippen LogP contribution in [0.4, 0.5) is 0 Å². The highest BCUT2D eigenvalue weighted by atomic mass is 16.2. The average molecular weight is 322 g/mol. The van der Waals surface area contributed by atoms with Crippen LogP contribution in [0.25, 0.3) is 0 Å². The van der Waals surface area contributed by atoms with E-state index in [1.165, 1.54) is 51.4 Å². The van der Waals surface area contributed by atoms with E-state index in [-0.39, 0.29) is 23.9 Å². The molecule has 0 bridgehead atoms. The van der Waals surface area contributed by atoms with Crippen molar-refractivity contribution < 1.29 is 9.59 Å². The first-order valence-corrected chi connectivity index (χ1v) is 9.62. The Labute approximate surface area is 141 Å². The van der Waals surface area contributed by atoms with Crippen molar-refractivity contribution >= 4 is 11.8 Å². The number of hydrogen-bond acceptors (Lipinski definition) is 2. The van der Waals surface area contributed by atoms with Gasteiger partial charge in [0.1, 0.15) is 5.41 Å². The minimum Gasteiger partial charge on any atom is -0.352 e. The number of nitrogens with one attached hydrogen (secondary N) is 2. The highest BCUT2D eigenvalue weighted by Gasteiger charge is 2.37. The lowest BCUT2D eigenvalue weighted by atomic mass is 9.89. The van der Waals surface area contributed by atoms with Gasteiger partial charge in [-0.05, 0) is 39.5 Å². The fourth-order valence-electron chi connectivity index (χ4n) is 3.68. The van der Waals surface area contributed by atoms with E-state index in [0.29, 0.717) is 0 Å². The zero-order chi connectivity index (χ0) is 16.7. The Hall–Kier alpha value is -1.06. The normalized spacial score (nSPS) is 22.0. The summed E-state index contributed by atoms with van der Waals surface area (Å²) in [7, 11) is 0. The van der Waals surface area contributed by atoms with Crippen LogP contribution in [0.5, 0.6) is 0 Å². The average Bonchev–Trinajstić information content (AvgIpc) is 2.92. The fourth-order valence-corrected chi connectivity index (χ4v) is 3.68. The summed E-state index contributed by atoms with van der Waals surface area (Å²) >= 11 is 0. The number of carbonyl (C=O) groups excluding carboxylic acids is 2. The van der Waals surface area contributed by atoms with Crippen LogP contribution in [0.3, 0.4) is 0 Å². The van der Waals surface area contributed by atoms with Gasteiger partial charge in [0.2, 0.25) is 11.8 Å². The van der Waals surface area contributed by atoms with E-state index < -0.39 is 5.41 Å². The zero-order valence-electron chi connectivity index (χ0n) is 15.0. The Balaban J connectivity index is 1.87. The molecule has 2 rings (SSSR count). The van der Waals surface area contributed by atoms with Crippen LogP contribution < -0.4 is 10.6 Å². The predicted octanol–water partition coefficient (Wildman–Crippen LogP) is 3.69. The minimum absolute atomic E-state index is 0.115. The van der Waals surface area contributed by atoms with Crippen LogP contribution in [0.2, 0.25) is 0 Å². The molecule has 23 heavy (non-hydrogen) atoms. The van der Waals surface area contributed by atoms with E-state index >= 15 is 0 Å². The molecule has 0 heterocycles. The molecule has 0 radical (unpaired) electrons. The van der Waals surface area contributed by atoms with Crippen molar-refractivity contribution in [3.05, 3.63) is 0 Å². The third-order valence-corrected chi connectivity index (χ3v) is 5.52. The quantitative estimate of drug-likeness (QED) is 0.612. The van der Waals surface area contributed by atoms with Crippen LogP contribution in [0.15, 0.2) is 0 Å². The van der Waals surface area contributed by atoms with Crippen LogP contribution in [0, 0.1) is 5.41 Å². The summed E-state index contributed by atoms with van der Waals surface area (Å²) < 4.78 is 0. The first-order chi connectivity index (χ1) is 11.0. The van der Waals surface area contributed by atoms with Gasteiger partial charge < -0.3 is 10.6 Å². The summed E-state index contributed by atoms with van der Waals surface area (Å²) in [6, 6.07) is 0.491. The minimum atomic E-state index is -0.987. The van der Waals surface area contributed by atoms with Crippen molar-refractivity contribution in [1.82, 2.24) is 10.6 Å². The van der Waals surface area contributed by atoms with Gasteiger partial charge in [-0.25, -0.2) is 0 Å². The summed E-state index contributed by atoms with van der Waals surface area (Å²) in [5.41, 5.74) is -0.987. The van der Waals surface area contributed by atoms with E-state index in [2.05, 4.69) is 10.6 Å². The molecule has 0 saturated heterocycles. The number of hydrogen-bond donors (Lipinski definition) is 2. The van der Waals surface area contributed by atoms with Crippen LogP contribution in [-0.4, -0.2) is 23.9 Å². The van der Waals surface area contributed by atoms with Crippen LogP contribution >= 0.6 is 0 Å². The van der Waals surface area contributed by atoms with Crippen molar-refractivity contribution in [1.29, 1.82) is 0 Å². The molecule has 0 aromatic heterocycles. The molecular weight excluding hydrogens is 288 g/mol. The molecule has 0 atom stereocenters. The SMILES string of the molecule is CC(C)(C(=O)NC1CCCCCC1)C(=O)NC1CCCCCC1. The molecule has 0 aromatic carbocycles. The van der Waals surface area contributed by atoms with Crippen molar-refractivity contribution in [2.75, 3.05) is 0 Å². The molecule has 4 nitrogen and oxygen atoms in total. The topological polar surface area (TPSA) is 58.2 Å². The molecule has 2 fully saturated rings. The Bertz CT molecular complexity index is 354. The second-order valence-electron chi connectivity index (χ2n) is 7.95. The Morgan fingerprint density at radius 2 is 0.957 bits per heavy atom. The van der Waals surface area contributed by atoms with Gasteiger partial charge >= 0.3 is 0 Å². The van der Waals surface area contributed by atoms with E-state index in [1.54, 1.807) is 13.8 Å². The van der Waals surface area contributed by atoms with Crippen molar-refractivity contribution in [3.63, 3.8) is 0 Å². The fraction of sp³-hybridized carbons (Fsp3) is 0.895. The first kappa shape index (κ1) is 18.3. The van der Waals surface area contributed by atoms with Gasteiger partial charge in [-0.2, -0.15) is 0 Å². The van der Waals surface area contributed by atoms with Crippen molar-refractivity contribution in [3.8, 4) is 0 Å². The van der Waals surface area contributed by atoms with Gasteiger partial charge in [0.15, 0.2) is 0 Å². The summed E-state index contributed by atoms with van der Waals surface area (Å²) in [5.74, 6) is -0.231. The number of amides is 2. The monoisotopic (exact) mass is 322 g/mol. The lowest BCUT2D eigenvalue weighted by Crippen LogP contribution is -2.52. The smallest absolute Gasteiger partial charge is 0.235 e. The van der Waals surface area contributed by atoms with E-state index in [1.807, 2.05) is 0 Å². The molecule has 4 heteroatoms.